The Morgan fingerprint density at radius 3 is 2.56 bits per heavy atom. The Bertz CT molecular complexity index is 381. The zero-order valence-corrected chi connectivity index (χ0v) is 11.2. The Hall–Kier alpha value is -0.580. The van der Waals surface area contributed by atoms with Crippen molar-refractivity contribution in [3.05, 3.63) is 28.2 Å². The lowest BCUT2D eigenvalue weighted by atomic mass is 10.1. The Kier molecular flexibility index (Phi) is 3.52. The van der Waals surface area contributed by atoms with E-state index in [4.69, 9.17) is 14.2 Å². The van der Waals surface area contributed by atoms with Crippen molar-refractivity contribution in [3.63, 3.8) is 0 Å². The zero-order chi connectivity index (χ0) is 11.7. The normalized spacial score (nSPS) is 29.4. The van der Waals surface area contributed by atoms with Crippen molar-refractivity contribution in [1.29, 1.82) is 0 Å². The van der Waals surface area contributed by atoms with Crippen LogP contribution in [-0.4, -0.2) is 19.5 Å². The van der Waals surface area contributed by atoms with Gasteiger partial charge in [-0.2, -0.15) is 0 Å². The minimum atomic E-state index is -0.155. The molecule has 4 heteroatoms. The molecule has 3 atom stereocenters. The summed E-state index contributed by atoms with van der Waals surface area (Å²) in [7, 11) is 1.66. The lowest BCUT2D eigenvalue weighted by molar-refractivity contribution is -0.0495. The van der Waals surface area contributed by atoms with Crippen LogP contribution in [0.2, 0.25) is 0 Å². The van der Waals surface area contributed by atoms with E-state index >= 15 is 0 Å². The highest BCUT2D eigenvalue weighted by Gasteiger charge is 2.33. The number of benzene rings is 1. The van der Waals surface area contributed by atoms with E-state index in [1.54, 1.807) is 7.11 Å². The maximum absolute atomic E-state index is 5.73. The molecule has 0 amide bonds. The van der Waals surface area contributed by atoms with Gasteiger partial charge in [0.2, 0.25) is 0 Å². The van der Waals surface area contributed by atoms with Gasteiger partial charge in [0, 0.05) is 10.0 Å². The summed E-state index contributed by atoms with van der Waals surface area (Å²) in [4.78, 5) is 0. The number of methoxy groups -OCH3 is 1. The molecule has 3 nitrogen and oxygen atoms in total. The SMILES string of the molecule is COc1ccc(Br)c([C@@H]2OC(C)O[C@H]2C)c1. The monoisotopic (exact) mass is 286 g/mol. The summed E-state index contributed by atoms with van der Waals surface area (Å²) in [5, 5.41) is 0. The van der Waals surface area contributed by atoms with Crippen LogP contribution in [0.25, 0.3) is 0 Å². The molecule has 0 saturated carbocycles. The second kappa shape index (κ2) is 4.73. The van der Waals surface area contributed by atoms with Gasteiger partial charge in [-0.05, 0) is 32.0 Å². The molecule has 88 valence electrons. The summed E-state index contributed by atoms with van der Waals surface area (Å²) >= 11 is 3.53. The Morgan fingerprint density at radius 2 is 2.00 bits per heavy atom. The van der Waals surface area contributed by atoms with Gasteiger partial charge in [-0.25, -0.2) is 0 Å². The highest BCUT2D eigenvalue weighted by molar-refractivity contribution is 9.10. The molecular formula is C12H15BrO3. The molecule has 0 aliphatic carbocycles. The zero-order valence-electron chi connectivity index (χ0n) is 9.57. The average Bonchev–Trinajstić information content (AvgIpc) is 2.58. The molecule has 1 aliphatic heterocycles. The first-order chi connectivity index (χ1) is 7.61. The number of hydrogen-bond donors (Lipinski definition) is 0. The van der Waals surface area contributed by atoms with E-state index in [0.29, 0.717) is 0 Å². The van der Waals surface area contributed by atoms with E-state index in [1.165, 1.54) is 0 Å². The second-order valence-corrected chi connectivity index (χ2v) is 4.71. The first-order valence-corrected chi connectivity index (χ1v) is 6.05. The molecule has 1 heterocycles. The van der Waals surface area contributed by atoms with Crippen molar-refractivity contribution >= 4 is 15.9 Å². The third-order valence-corrected chi connectivity index (χ3v) is 3.40. The molecule has 0 radical (unpaired) electrons. The van der Waals surface area contributed by atoms with E-state index < -0.39 is 0 Å². The van der Waals surface area contributed by atoms with E-state index in [0.717, 1.165) is 15.8 Å². The van der Waals surface area contributed by atoms with Gasteiger partial charge in [0.25, 0.3) is 0 Å². The number of rotatable bonds is 2. The van der Waals surface area contributed by atoms with Gasteiger partial charge in [-0.15, -0.1) is 0 Å². The van der Waals surface area contributed by atoms with Crippen molar-refractivity contribution in [1.82, 2.24) is 0 Å². The number of halogens is 1. The van der Waals surface area contributed by atoms with Crippen molar-refractivity contribution in [2.45, 2.75) is 32.3 Å². The largest absolute Gasteiger partial charge is 0.497 e. The van der Waals surface area contributed by atoms with Crippen LogP contribution in [0.5, 0.6) is 5.75 Å². The predicted octanol–water partition coefficient (Wildman–Crippen LogP) is 3.28. The predicted molar refractivity (Wildman–Crippen MR) is 64.5 cm³/mol. The van der Waals surface area contributed by atoms with Crippen molar-refractivity contribution in [2.24, 2.45) is 0 Å². The molecular weight excluding hydrogens is 272 g/mol. The molecule has 1 aromatic rings. The maximum atomic E-state index is 5.73. The van der Waals surface area contributed by atoms with Crippen molar-refractivity contribution < 1.29 is 14.2 Å². The lowest BCUT2D eigenvalue weighted by Crippen LogP contribution is -2.11. The van der Waals surface area contributed by atoms with Crippen molar-refractivity contribution in [3.8, 4) is 5.75 Å². The standard InChI is InChI=1S/C12H15BrO3/c1-7-12(16-8(2)15-7)10-6-9(14-3)4-5-11(10)13/h4-8,12H,1-3H3/t7-,8?,12+/m0/s1. The second-order valence-electron chi connectivity index (χ2n) is 3.85. The van der Waals surface area contributed by atoms with Gasteiger partial charge >= 0.3 is 0 Å². The molecule has 0 N–H and O–H groups in total. The van der Waals surface area contributed by atoms with Crippen LogP contribution < -0.4 is 4.74 Å². The molecule has 1 fully saturated rings. The fourth-order valence-corrected chi connectivity index (χ4v) is 2.39. The summed E-state index contributed by atoms with van der Waals surface area (Å²) in [5.74, 6) is 0.827. The van der Waals surface area contributed by atoms with Crippen LogP contribution in [0.4, 0.5) is 0 Å². The summed E-state index contributed by atoms with van der Waals surface area (Å²) in [6.07, 6.45) is -0.143. The van der Waals surface area contributed by atoms with Gasteiger partial charge in [-0.3, -0.25) is 0 Å². The molecule has 0 spiro atoms. The molecule has 1 aliphatic rings. The maximum Gasteiger partial charge on any atom is 0.156 e. The number of hydrogen-bond acceptors (Lipinski definition) is 3. The van der Waals surface area contributed by atoms with Crippen LogP contribution in [0.3, 0.4) is 0 Å². The molecule has 1 aromatic carbocycles. The van der Waals surface area contributed by atoms with Crippen LogP contribution in [0, 0.1) is 0 Å². The highest BCUT2D eigenvalue weighted by Crippen LogP contribution is 2.37. The topological polar surface area (TPSA) is 27.7 Å². The summed E-state index contributed by atoms with van der Waals surface area (Å²) < 4.78 is 17.5. The van der Waals surface area contributed by atoms with Crippen LogP contribution in [0.15, 0.2) is 22.7 Å². The first-order valence-electron chi connectivity index (χ1n) is 5.26. The smallest absolute Gasteiger partial charge is 0.156 e. The fraction of sp³-hybridized carbons (Fsp3) is 0.500. The molecule has 0 aromatic heterocycles. The molecule has 1 unspecified atom stereocenters. The first kappa shape index (κ1) is 11.9. The minimum absolute atomic E-state index is 0.0422. The van der Waals surface area contributed by atoms with E-state index in [-0.39, 0.29) is 18.5 Å². The van der Waals surface area contributed by atoms with Crippen LogP contribution in [0.1, 0.15) is 25.5 Å². The van der Waals surface area contributed by atoms with Gasteiger partial charge < -0.3 is 14.2 Å². The van der Waals surface area contributed by atoms with Crippen molar-refractivity contribution in [2.75, 3.05) is 7.11 Å². The fourth-order valence-electron chi connectivity index (χ4n) is 1.92. The van der Waals surface area contributed by atoms with E-state index in [9.17, 15) is 0 Å². The molecule has 16 heavy (non-hydrogen) atoms. The van der Waals surface area contributed by atoms with E-state index in [1.807, 2.05) is 32.0 Å². The minimum Gasteiger partial charge on any atom is -0.497 e. The Morgan fingerprint density at radius 1 is 1.25 bits per heavy atom. The quantitative estimate of drug-likeness (QED) is 0.835. The number of ether oxygens (including phenoxy) is 3. The molecule has 0 bridgehead atoms. The summed E-state index contributed by atoms with van der Waals surface area (Å²) in [6, 6.07) is 5.86. The van der Waals surface area contributed by atoms with E-state index in [2.05, 4.69) is 15.9 Å². The third kappa shape index (κ3) is 2.24. The molecule has 1 saturated heterocycles. The lowest BCUT2D eigenvalue weighted by Gasteiger charge is -2.15. The van der Waals surface area contributed by atoms with Gasteiger partial charge in [-0.1, -0.05) is 15.9 Å². The highest BCUT2D eigenvalue weighted by atomic mass is 79.9. The summed E-state index contributed by atoms with van der Waals surface area (Å²) in [6.45, 7) is 3.92. The van der Waals surface area contributed by atoms with Gasteiger partial charge in [0.15, 0.2) is 6.29 Å². The molecule has 2 rings (SSSR count). The third-order valence-electron chi connectivity index (χ3n) is 2.68. The average molecular weight is 287 g/mol. The summed E-state index contributed by atoms with van der Waals surface area (Å²) in [5.41, 5.74) is 1.07. The van der Waals surface area contributed by atoms with Gasteiger partial charge in [0.05, 0.1) is 13.2 Å². The van der Waals surface area contributed by atoms with Gasteiger partial charge in [0.1, 0.15) is 11.9 Å². The van der Waals surface area contributed by atoms with Crippen LogP contribution in [-0.2, 0) is 9.47 Å². The Labute approximate surface area is 104 Å². The van der Waals surface area contributed by atoms with Crippen LogP contribution >= 0.6 is 15.9 Å². The Balaban J connectivity index is 2.32.